The Balaban J connectivity index is 1.07. The summed E-state index contributed by atoms with van der Waals surface area (Å²) in [5, 5.41) is 337. The lowest BCUT2D eigenvalue weighted by molar-refractivity contribution is -0.412. The second-order valence-electron chi connectivity index (χ2n) is 36.0. The van der Waals surface area contributed by atoms with Gasteiger partial charge in [-0.25, -0.2) is 0 Å². The number of carbonyl (C=O) groups is 7. The van der Waals surface area contributed by atoms with Gasteiger partial charge in [0.15, 0.2) is 69.2 Å². The molecule has 824 valence electrons. The van der Waals surface area contributed by atoms with Gasteiger partial charge in [0.05, 0.1) is 72.7 Å². The van der Waals surface area contributed by atoms with Gasteiger partial charge >= 0.3 is 0 Å². The number of nitrogens with one attached hydrogen (secondary N) is 7. The molecule has 0 unspecified atom stereocenters. The van der Waals surface area contributed by atoms with Crippen LogP contribution in [0.5, 0.6) is 0 Å². The third-order valence-corrected chi connectivity index (χ3v) is 25.8. The standard InChI is InChI=1S/C80H133N7O56/c1-19(97)81-37-54(114)62(31(13-93)125-70(37)122)136-76-43(87-25(7)103)56(116)64(33(15-95)132-76)139-78-61(121)67(141-80-69(143-75-41(85-23(5)101)53(113)47(107)29(11-91)129-75)60(120)65(34(16-96)133-80)137-72-38(82-20(2)98)50(110)44(104)26(8-88)126-72)66(140-73-39(83-21(3)99)51(111)45(105)27(9-89)127-73)36(135-78)18-124-79-68(142-74-40(84-22(4)100)52(112)46(106)28(10-90)128-74)58(118)49(109)35(134-79)17-123-71-42(86-24(6)102)55(115)63(32(14-94)131-71)138-77-59(119)57(117)48(108)30(12-92)130-77/h26-80,88-96,104-122H,8-18H2,1-7H3,(H,81,97)(H,82,98)(H,83,99)(H,84,100)(H,85,101)(H,86,102)(H,87,103)/t26-,27-,28-,29-,30-,31-,32-,33-,34-,35-,36-,37-,38-,39-,40-,41-,42-,43-,44-,45-,46-,47-,48+,49-,50-,51-,52-,53-,54-,55-,56-,57+,58+,59-,60+,61+,62-,63-,64-,65-,66-,67-,68+,69+,70-,71-,72+,73+,74+,75+,76+,77+,78+,79+,80-/m1/s1. The number of ether oxygens (including phenoxy) is 21. The van der Waals surface area contributed by atoms with Crippen LogP contribution in [0.1, 0.15) is 48.5 Å². The summed E-state index contributed by atoms with van der Waals surface area (Å²) < 4.78 is 130. The summed E-state index contributed by atoms with van der Waals surface area (Å²) in [6.07, 6.45) is -107. The topological polar surface area (TPSA) is 964 Å². The molecule has 55 atom stereocenters. The molecule has 35 N–H and O–H groups in total. The van der Waals surface area contributed by atoms with Crippen LogP contribution in [0.15, 0.2) is 0 Å². The van der Waals surface area contributed by atoms with E-state index >= 15 is 0 Å². The monoisotopic (exact) mass is 2090 g/mol. The minimum atomic E-state index is -2.90. The van der Waals surface area contributed by atoms with Crippen molar-refractivity contribution in [1.29, 1.82) is 0 Å². The minimum Gasteiger partial charge on any atom is -0.394 e. The molecule has 0 bridgehead atoms. The first-order valence-corrected chi connectivity index (χ1v) is 45.6. The number of carbonyl (C=O) groups excluding carboxylic acids is 7. The van der Waals surface area contributed by atoms with Gasteiger partial charge in [-0.2, -0.15) is 0 Å². The Bertz CT molecular complexity index is 4050. The number of amides is 7. The van der Waals surface area contributed by atoms with Crippen molar-refractivity contribution in [3.05, 3.63) is 0 Å². The van der Waals surface area contributed by atoms with Crippen LogP contribution in [0.3, 0.4) is 0 Å². The number of hydrogen-bond acceptors (Lipinski definition) is 56. The molecule has 7 amide bonds. The lowest BCUT2D eigenvalue weighted by Crippen LogP contribution is -2.72. The largest absolute Gasteiger partial charge is 0.394 e. The maximum atomic E-state index is 13.7. The average molecular weight is 2090 g/mol. The molecule has 11 rings (SSSR count). The van der Waals surface area contributed by atoms with Crippen molar-refractivity contribution in [2.24, 2.45) is 0 Å². The van der Waals surface area contributed by atoms with Crippen LogP contribution in [0.25, 0.3) is 0 Å². The van der Waals surface area contributed by atoms with Gasteiger partial charge in [0.1, 0.15) is 268 Å². The fourth-order valence-electron chi connectivity index (χ4n) is 18.5. The lowest BCUT2D eigenvalue weighted by Gasteiger charge is -2.53. The van der Waals surface area contributed by atoms with Gasteiger partial charge in [0.25, 0.3) is 0 Å². The normalized spacial score (nSPS) is 47.3. The lowest BCUT2D eigenvalue weighted by atomic mass is 9.93. The van der Waals surface area contributed by atoms with Crippen molar-refractivity contribution < 1.29 is 276 Å². The highest BCUT2D eigenvalue weighted by atomic mass is 16.8. The maximum Gasteiger partial charge on any atom is 0.217 e. The SMILES string of the molecule is CC(=O)N[C@@H]1[C@@H](O)[C@H](O[C@@H]2O[C@H](CO)[C@@H](O[C@@H]3O[C@H](CO[C@H]4O[C@H](CO[C@@H]5O[C@H](CO)[C@@H](O[C@@H]6O[C@H](CO)[C@H](O)[C@H](O)[C@H]6O)[C@H](O)[C@H]5NC(C)=O)[C@@H](O)[C@H](O)[C@@H]4O[C@@H]4O[C@H](CO)[C@@H](O)[C@H](O)[C@H]4NC(C)=O)[C@@H](O[C@@H]4O[C@H](CO)[C@@H](O)[C@H](O)[C@H]4NC(C)=O)[C@H](O[C@H]4O[C@H](CO)[C@@H](O[C@@H]5O[C@H](CO)[C@@H](O)[C@H](O)[C@H]5NC(C)=O)[C@H](O)[C@@H]4O[C@@H]4O[C@H](CO)[C@@H](O)[C@H](O)[C@H]4NC(C)=O)[C@@H]3O)[C@H](O)[C@H]2NC(C)=O)[C@@H](CO)O[C@H]1O. The highest BCUT2D eigenvalue weighted by Crippen LogP contribution is 2.43. The van der Waals surface area contributed by atoms with Crippen molar-refractivity contribution >= 4 is 41.4 Å². The Kier molecular flexibility index (Phi) is 42.7. The van der Waals surface area contributed by atoms with Crippen LogP contribution in [-0.2, 0) is 133 Å². The Labute approximate surface area is 810 Å². The summed E-state index contributed by atoms with van der Waals surface area (Å²) in [5.41, 5.74) is 0. The number of hydrogen-bond donors (Lipinski definition) is 35. The molecule has 63 heteroatoms. The molecule has 0 aromatic heterocycles. The highest BCUT2D eigenvalue weighted by molar-refractivity contribution is 5.75. The van der Waals surface area contributed by atoms with Gasteiger partial charge in [-0.05, 0) is 0 Å². The summed E-state index contributed by atoms with van der Waals surface area (Å²) in [6.45, 7) is -6.95. The van der Waals surface area contributed by atoms with Gasteiger partial charge in [-0.15, -0.1) is 0 Å². The molecule has 0 aromatic rings. The van der Waals surface area contributed by atoms with Crippen molar-refractivity contribution in [3.63, 3.8) is 0 Å². The third kappa shape index (κ3) is 26.9. The Morgan fingerprint density at radius 2 is 0.406 bits per heavy atom. The first-order valence-electron chi connectivity index (χ1n) is 45.6. The molecular weight excluding hydrogens is 1950 g/mol. The number of aliphatic hydroxyl groups excluding tert-OH is 28. The molecular formula is C80H133N7O56. The van der Waals surface area contributed by atoms with Crippen LogP contribution in [0, 0.1) is 0 Å². The van der Waals surface area contributed by atoms with E-state index in [1.54, 1.807) is 0 Å². The van der Waals surface area contributed by atoms with Crippen LogP contribution < -0.4 is 37.2 Å². The highest BCUT2D eigenvalue weighted by Gasteiger charge is 2.64. The van der Waals surface area contributed by atoms with Crippen molar-refractivity contribution in [2.75, 3.05) is 72.7 Å². The molecule has 0 aliphatic carbocycles. The summed E-state index contributed by atoms with van der Waals surface area (Å²) >= 11 is 0. The second-order valence-corrected chi connectivity index (χ2v) is 36.0. The Morgan fingerprint density at radius 3 is 0.769 bits per heavy atom. The van der Waals surface area contributed by atoms with E-state index < -0.39 is 451 Å². The van der Waals surface area contributed by atoms with E-state index in [0.717, 1.165) is 48.5 Å². The summed E-state index contributed by atoms with van der Waals surface area (Å²) in [7, 11) is 0. The van der Waals surface area contributed by atoms with Crippen molar-refractivity contribution in [2.45, 2.75) is 386 Å². The van der Waals surface area contributed by atoms with Crippen LogP contribution in [0.2, 0.25) is 0 Å². The predicted octanol–water partition coefficient (Wildman–Crippen LogP) is -24.0. The van der Waals surface area contributed by atoms with E-state index in [9.17, 15) is 177 Å². The van der Waals surface area contributed by atoms with Gasteiger partial charge in [-0.1, -0.05) is 0 Å². The summed E-state index contributed by atoms with van der Waals surface area (Å²) in [6, 6.07) is -13.8. The Morgan fingerprint density at radius 1 is 0.182 bits per heavy atom. The van der Waals surface area contributed by atoms with E-state index in [2.05, 4.69) is 37.2 Å². The average Bonchev–Trinajstić information content (AvgIpc) is 0.746. The summed E-state index contributed by atoms with van der Waals surface area (Å²) in [5.74, 6) is -6.86. The zero-order chi connectivity index (χ0) is 105. The van der Waals surface area contributed by atoms with E-state index in [4.69, 9.17) is 99.5 Å². The molecule has 11 heterocycles. The van der Waals surface area contributed by atoms with Gasteiger partial charge in [-0.3, -0.25) is 33.6 Å². The van der Waals surface area contributed by atoms with E-state index in [0.29, 0.717) is 0 Å². The fraction of sp³-hybridized carbons (Fsp3) is 0.912. The Hall–Kier alpha value is -5.67. The predicted molar refractivity (Wildman–Crippen MR) is 444 cm³/mol. The van der Waals surface area contributed by atoms with E-state index in [1.165, 1.54) is 0 Å². The molecule has 143 heavy (non-hydrogen) atoms. The quantitative estimate of drug-likeness (QED) is 0.0273. The molecule has 0 radical (unpaired) electrons. The van der Waals surface area contributed by atoms with Gasteiger partial charge in [0, 0.05) is 48.5 Å². The molecule has 0 spiro atoms. The third-order valence-electron chi connectivity index (χ3n) is 25.8. The smallest absolute Gasteiger partial charge is 0.217 e. The van der Waals surface area contributed by atoms with Crippen LogP contribution in [0.4, 0.5) is 0 Å². The molecule has 0 saturated carbocycles. The maximum absolute atomic E-state index is 13.7. The van der Waals surface area contributed by atoms with E-state index in [1.807, 2.05) is 0 Å². The van der Waals surface area contributed by atoms with E-state index in [-0.39, 0.29) is 0 Å². The zero-order valence-electron chi connectivity index (χ0n) is 77.5. The van der Waals surface area contributed by atoms with Crippen molar-refractivity contribution in [1.82, 2.24) is 37.2 Å². The number of rotatable bonds is 38. The first kappa shape index (κ1) is 118. The van der Waals surface area contributed by atoms with Gasteiger partial charge < -0.3 is 280 Å². The minimum absolute atomic E-state index is 0.853. The molecule has 11 fully saturated rings. The molecule has 11 aliphatic rings. The molecule has 0 aromatic carbocycles. The first-order chi connectivity index (χ1) is 67.6. The van der Waals surface area contributed by atoms with Crippen LogP contribution >= 0.6 is 0 Å². The summed E-state index contributed by atoms with van der Waals surface area (Å²) in [4.78, 5) is 91.4. The van der Waals surface area contributed by atoms with Crippen LogP contribution in [-0.4, -0.2) is 594 Å². The second kappa shape index (κ2) is 51.9. The zero-order valence-corrected chi connectivity index (χ0v) is 77.5. The van der Waals surface area contributed by atoms with Crippen molar-refractivity contribution in [3.8, 4) is 0 Å². The molecule has 11 saturated heterocycles. The molecule has 11 aliphatic heterocycles. The van der Waals surface area contributed by atoms with Gasteiger partial charge in [0.2, 0.25) is 41.4 Å². The fourth-order valence-corrected chi connectivity index (χ4v) is 18.5. The number of aliphatic hydroxyl groups is 28. The molecule has 63 nitrogen and oxygen atoms in total.